The van der Waals surface area contributed by atoms with Crippen LogP contribution in [0, 0.1) is 24.1 Å². The maximum atomic E-state index is 14.5. The number of nitrogens with zero attached hydrogens (tertiary/aromatic N) is 5. The van der Waals surface area contributed by atoms with Crippen LogP contribution in [0.4, 0.5) is 4.39 Å². The molecule has 2 aromatic heterocycles. The highest BCUT2D eigenvalue weighted by Crippen LogP contribution is 2.30. The third kappa shape index (κ3) is 4.17. The van der Waals surface area contributed by atoms with Crippen molar-refractivity contribution in [3.05, 3.63) is 65.4 Å². The molecule has 0 radical (unpaired) electrons. The minimum atomic E-state index is -0.633. The number of aryl methyl sites for hydroxylation is 1. The van der Waals surface area contributed by atoms with Crippen LogP contribution < -0.4 is 10.6 Å². The van der Waals surface area contributed by atoms with Gasteiger partial charge < -0.3 is 10.6 Å². The van der Waals surface area contributed by atoms with Crippen molar-refractivity contribution in [1.29, 1.82) is 5.26 Å². The molecule has 9 heteroatoms. The van der Waals surface area contributed by atoms with Crippen LogP contribution in [0.15, 0.2) is 42.6 Å². The number of aromatic nitrogens is 4. The lowest BCUT2D eigenvalue weighted by Crippen LogP contribution is -2.55. The molecule has 0 spiro atoms. The van der Waals surface area contributed by atoms with Crippen molar-refractivity contribution in [1.82, 2.24) is 30.0 Å². The van der Waals surface area contributed by atoms with Crippen LogP contribution in [0.1, 0.15) is 41.5 Å². The summed E-state index contributed by atoms with van der Waals surface area (Å²) in [5, 5.41) is 21.0. The minimum Gasteiger partial charge on any atom is -0.344 e. The number of nitrogens with one attached hydrogen (secondary N) is 2. The average molecular weight is 472 g/mol. The number of rotatable bonds is 4. The number of fused-ring (bicyclic) bond motifs is 1. The van der Waals surface area contributed by atoms with E-state index in [0.29, 0.717) is 23.6 Å². The molecular weight excluding hydrogens is 445 g/mol. The van der Waals surface area contributed by atoms with E-state index in [1.165, 1.54) is 12.1 Å². The fraction of sp³-hybridized carbons (Fsp3) is 0.308. The highest BCUT2D eigenvalue weighted by molar-refractivity contribution is 5.95. The second kappa shape index (κ2) is 8.64. The molecule has 1 atom stereocenters. The van der Waals surface area contributed by atoms with Gasteiger partial charge in [-0.3, -0.25) is 14.0 Å². The number of hydrogen-bond acceptors (Lipinski definition) is 5. The fourth-order valence-corrected chi connectivity index (χ4v) is 4.74. The summed E-state index contributed by atoms with van der Waals surface area (Å²) in [6.45, 7) is 5.48. The van der Waals surface area contributed by atoms with Crippen molar-refractivity contribution in [2.24, 2.45) is 7.05 Å². The van der Waals surface area contributed by atoms with Crippen LogP contribution in [0.3, 0.4) is 0 Å². The summed E-state index contributed by atoms with van der Waals surface area (Å²) in [6, 6.07) is 12.0. The van der Waals surface area contributed by atoms with Crippen LogP contribution in [0.5, 0.6) is 0 Å². The second-order valence-electron chi connectivity index (χ2n) is 9.35. The summed E-state index contributed by atoms with van der Waals surface area (Å²) < 4.78 is 18.1. The highest BCUT2D eigenvalue weighted by atomic mass is 19.1. The Labute approximate surface area is 202 Å². The number of hydrogen-bond donors (Lipinski definition) is 2. The predicted octanol–water partition coefficient (Wildman–Crippen LogP) is 3.62. The zero-order valence-corrected chi connectivity index (χ0v) is 19.9. The first-order valence-corrected chi connectivity index (χ1v) is 11.5. The molecule has 0 saturated carbocycles. The van der Waals surface area contributed by atoms with Gasteiger partial charge in [0.25, 0.3) is 5.91 Å². The molecule has 1 saturated heterocycles. The number of halogens is 1. The molecule has 35 heavy (non-hydrogen) atoms. The number of piperidine rings is 1. The monoisotopic (exact) mass is 471 g/mol. The Kier molecular flexibility index (Phi) is 5.61. The number of imidazole rings is 1. The van der Waals surface area contributed by atoms with Gasteiger partial charge in [0.2, 0.25) is 0 Å². The number of carbonyl (C=O) groups is 1. The first kappa shape index (κ1) is 22.7. The quantitative estimate of drug-likeness (QED) is 0.474. The molecule has 5 rings (SSSR count). The maximum absolute atomic E-state index is 14.5. The molecule has 2 N–H and O–H groups in total. The Morgan fingerprint density at radius 1 is 1.29 bits per heavy atom. The Bertz CT molecular complexity index is 1490. The SMILES string of the molecule is Cc1c(C(=O)N[C@]2(C)CCCNC2)nc(-c2ccc(C#N)c(F)c2)n1-c1ccc2nn(C)cc2c1. The van der Waals surface area contributed by atoms with E-state index in [0.717, 1.165) is 36.0 Å². The van der Waals surface area contributed by atoms with Crippen molar-refractivity contribution in [2.75, 3.05) is 13.1 Å². The van der Waals surface area contributed by atoms with Crippen molar-refractivity contribution in [3.63, 3.8) is 0 Å². The van der Waals surface area contributed by atoms with Crippen molar-refractivity contribution in [3.8, 4) is 23.1 Å². The molecule has 4 aromatic rings. The molecule has 178 valence electrons. The zero-order chi connectivity index (χ0) is 24.7. The predicted molar refractivity (Wildman–Crippen MR) is 131 cm³/mol. The number of amides is 1. The van der Waals surface area contributed by atoms with Gasteiger partial charge in [-0.15, -0.1) is 0 Å². The van der Waals surface area contributed by atoms with E-state index in [4.69, 9.17) is 10.2 Å². The number of nitriles is 1. The molecule has 3 heterocycles. The summed E-state index contributed by atoms with van der Waals surface area (Å²) in [7, 11) is 1.86. The van der Waals surface area contributed by atoms with Gasteiger partial charge in [-0.25, -0.2) is 9.37 Å². The lowest BCUT2D eigenvalue weighted by atomic mass is 9.92. The van der Waals surface area contributed by atoms with Crippen LogP contribution in [0.2, 0.25) is 0 Å². The second-order valence-corrected chi connectivity index (χ2v) is 9.35. The van der Waals surface area contributed by atoms with E-state index in [1.807, 2.05) is 55.9 Å². The standard InChI is InChI=1S/C26H26FN7O/c1-16-23(25(35)31-26(2)9-4-10-29-15-26)30-24(17-5-6-18(13-28)21(27)12-17)34(16)20-7-8-22-19(11-20)14-33(3)32-22/h5-8,11-12,14,29H,4,9-10,15H2,1-3H3,(H,31,35)/t26-/m1/s1. The molecule has 0 aliphatic carbocycles. The van der Waals surface area contributed by atoms with E-state index in [-0.39, 0.29) is 22.7 Å². The highest BCUT2D eigenvalue weighted by Gasteiger charge is 2.31. The molecule has 1 aliphatic heterocycles. The number of carbonyl (C=O) groups excluding carboxylic acids is 1. The van der Waals surface area contributed by atoms with Crippen molar-refractivity contribution < 1.29 is 9.18 Å². The van der Waals surface area contributed by atoms with Gasteiger partial charge in [0, 0.05) is 36.4 Å². The van der Waals surface area contributed by atoms with Crippen LogP contribution in [-0.4, -0.2) is 43.9 Å². The lowest BCUT2D eigenvalue weighted by Gasteiger charge is -2.34. The van der Waals surface area contributed by atoms with Crippen LogP contribution in [-0.2, 0) is 7.05 Å². The maximum Gasteiger partial charge on any atom is 0.272 e. The lowest BCUT2D eigenvalue weighted by molar-refractivity contribution is 0.0885. The Morgan fingerprint density at radius 3 is 2.83 bits per heavy atom. The third-order valence-corrected chi connectivity index (χ3v) is 6.54. The summed E-state index contributed by atoms with van der Waals surface area (Å²) in [6.07, 6.45) is 3.76. The molecule has 2 aromatic carbocycles. The van der Waals surface area contributed by atoms with Crippen molar-refractivity contribution >= 4 is 16.8 Å². The van der Waals surface area contributed by atoms with E-state index in [9.17, 15) is 9.18 Å². The number of benzene rings is 2. The smallest absolute Gasteiger partial charge is 0.272 e. The average Bonchev–Trinajstić information content (AvgIpc) is 3.37. The van der Waals surface area contributed by atoms with Gasteiger partial charge in [0.1, 0.15) is 23.4 Å². The topological polar surface area (TPSA) is 101 Å². The van der Waals surface area contributed by atoms with Crippen molar-refractivity contribution in [2.45, 2.75) is 32.2 Å². The molecule has 0 unspecified atom stereocenters. The largest absolute Gasteiger partial charge is 0.344 e. The van der Waals surface area contributed by atoms with E-state index in [2.05, 4.69) is 15.7 Å². The van der Waals surface area contributed by atoms with Crippen LogP contribution >= 0.6 is 0 Å². The molecular formula is C26H26FN7O. The van der Waals surface area contributed by atoms with Gasteiger partial charge >= 0.3 is 0 Å². The van der Waals surface area contributed by atoms with Gasteiger partial charge in [0.05, 0.1) is 22.3 Å². The van der Waals surface area contributed by atoms with Crippen LogP contribution in [0.25, 0.3) is 28.0 Å². The van der Waals surface area contributed by atoms with Gasteiger partial charge in [-0.05, 0) is 69.6 Å². The Morgan fingerprint density at radius 2 is 2.11 bits per heavy atom. The molecule has 8 nitrogen and oxygen atoms in total. The Hall–Kier alpha value is -4.03. The van der Waals surface area contributed by atoms with E-state index >= 15 is 0 Å². The molecule has 1 fully saturated rings. The van der Waals surface area contributed by atoms with Gasteiger partial charge in [-0.2, -0.15) is 10.4 Å². The minimum absolute atomic E-state index is 0.0453. The zero-order valence-electron chi connectivity index (χ0n) is 19.9. The van der Waals surface area contributed by atoms with Gasteiger partial charge in [-0.1, -0.05) is 0 Å². The normalized spacial score (nSPS) is 17.9. The summed E-state index contributed by atoms with van der Waals surface area (Å²) in [4.78, 5) is 18.1. The molecule has 1 amide bonds. The summed E-state index contributed by atoms with van der Waals surface area (Å²) in [5.41, 5.74) is 2.59. The molecule has 0 bridgehead atoms. The van der Waals surface area contributed by atoms with E-state index < -0.39 is 5.82 Å². The first-order chi connectivity index (χ1) is 16.8. The van der Waals surface area contributed by atoms with E-state index in [1.54, 1.807) is 10.7 Å². The van der Waals surface area contributed by atoms with Gasteiger partial charge in [0.15, 0.2) is 0 Å². The third-order valence-electron chi connectivity index (χ3n) is 6.54. The fourth-order valence-electron chi connectivity index (χ4n) is 4.74. The first-order valence-electron chi connectivity index (χ1n) is 11.5. The summed E-state index contributed by atoms with van der Waals surface area (Å²) >= 11 is 0. The molecule has 1 aliphatic rings. The summed E-state index contributed by atoms with van der Waals surface area (Å²) in [5.74, 6) is -0.483. The Balaban J connectivity index is 1.64.